The molecule has 0 spiro atoms. The molecule has 2 saturated heterocycles. The van der Waals surface area contributed by atoms with E-state index in [1.54, 1.807) is 4.90 Å². The Morgan fingerprint density at radius 1 is 1.07 bits per heavy atom. The molecule has 2 aliphatic heterocycles. The van der Waals surface area contributed by atoms with Crippen LogP contribution in [0.3, 0.4) is 0 Å². The quantitative estimate of drug-likeness (QED) is 0.789. The van der Waals surface area contributed by atoms with Crippen LogP contribution in [0.2, 0.25) is 5.02 Å². The van der Waals surface area contributed by atoms with Crippen molar-refractivity contribution in [2.45, 2.75) is 25.6 Å². The third-order valence-electron chi connectivity index (χ3n) is 5.31. The topological polar surface area (TPSA) is 57.7 Å². The van der Waals surface area contributed by atoms with E-state index < -0.39 is 9.84 Å². The van der Waals surface area contributed by atoms with Crippen LogP contribution in [-0.4, -0.2) is 49.4 Å². The number of carbonyl (C=O) groups excluding carboxylic acids is 1. The number of sulfone groups is 1. The minimum atomic E-state index is -3.21. The Bertz CT molecular complexity index is 992. The molecule has 2 atom stereocenters. The molecule has 2 aromatic rings. The number of aryl methyl sites for hydroxylation is 1. The van der Waals surface area contributed by atoms with Crippen molar-refractivity contribution in [2.75, 3.05) is 23.0 Å². The number of nitrogens with zero attached hydrogens (tertiary/aromatic N) is 2. The van der Waals surface area contributed by atoms with Gasteiger partial charge in [0.25, 0.3) is 0 Å². The number of piperazine rings is 1. The Morgan fingerprint density at radius 2 is 1.81 bits per heavy atom. The molecule has 2 aromatic carbocycles. The average molecular weight is 405 g/mol. The summed E-state index contributed by atoms with van der Waals surface area (Å²) in [5.74, 6) is -0.0142. The van der Waals surface area contributed by atoms with Crippen molar-refractivity contribution in [3.8, 4) is 0 Å². The van der Waals surface area contributed by atoms with Gasteiger partial charge in [-0.1, -0.05) is 41.9 Å². The lowest BCUT2D eigenvalue weighted by Gasteiger charge is -2.43. The van der Waals surface area contributed by atoms with Gasteiger partial charge in [-0.25, -0.2) is 8.42 Å². The number of amides is 1. The normalized spacial score (nSPS) is 24.8. The maximum atomic E-state index is 13.0. The molecule has 2 fully saturated rings. The van der Waals surface area contributed by atoms with Crippen molar-refractivity contribution in [1.29, 1.82) is 0 Å². The Kier molecular flexibility index (Phi) is 4.74. The monoisotopic (exact) mass is 404 g/mol. The van der Waals surface area contributed by atoms with Crippen molar-refractivity contribution in [3.05, 3.63) is 64.7 Å². The molecular formula is C20H21ClN2O3S. The van der Waals surface area contributed by atoms with Crippen molar-refractivity contribution >= 4 is 33.0 Å². The van der Waals surface area contributed by atoms with Gasteiger partial charge in [0, 0.05) is 23.3 Å². The molecule has 2 unspecified atom stereocenters. The SMILES string of the molecule is Cc1cccc(N2C(=O)CN(Cc3ccccc3Cl)C3CS(=O)(=O)CC32)c1. The Hall–Kier alpha value is -1.89. The van der Waals surface area contributed by atoms with Crippen LogP contribution in [0.15, 0.2) is 48.5 Å². The highest BCUT2D eigenvalue weighted by Gasteiger charge is 2.49. The van der Waals surface area contributed by atoms with Crippen molar-refractivity contribution in [1.82, 2.24) is 4.90 Å². The molecule has 0 bridgehead atoms. The highest BCUT2D eigenvalue weighted by atomic mass is 35.5. The summed E-state index contributed by atoms with van der Waals surface area (Å²) < 4.78 is 24.8. The summed E-state index contributed by atoms with van der Waals surface area (Å²) in [7, 11) is -3.21. The maximum absolute atomic E-state index is 13.0. The lowest BCUT2D eigenvalue weighted by molar-refractivity contribution is -0.123. The molecule has 2 heterocycles. The lowest BCUT2D eigenvalue weighted by atomic mass is 10.0. The van der Waals surface area contributed by atoms with Crippen LogP contribution < -0.4 is 4.90 Å². The summed E-state index contributed by atoms with van der Waals surface area (Å²) in [5.41, 5.74) is 2.71. The van der Waals surface area contributed by atoms with Gasteiger partial charge < -0.3 is 4.90 Å². The second-order valence-corrected chi connectivity index (χ2v) is 9.87. The fourth-order valence-corrected chi connectivity index (χ4v) is 6.27. The molecule has 142 valence electrons. The molecule has 0 aliphatic carbocycles. The van der Waals surface area contributed by atoms with Crippen LogP contribution in [-0.2, 0) is 21.2 Å². The molecular weight excluding hydrogens is 384 g/mol. The number of rotatable bonds is 3. The smallest absolute Gasteiger partial charge is 0.241 e. The lowest BCUT2D eigenvalue weighted by Crippen LogP contribution is -2.61. The number of fused-ring (bicyclic) bond motifs is 1. The van der Waals surface area contributed by atoms with Crippen LogP contribution in [0.25, 0.3) is 0 Å². The Labute approximate surface area is 164 Å². The summed E-state index contributed by atoms with van der Waals surface area (Å²) in [5, 5.41) is 0.628. The summed E-state index contributed by atoms with van der Waals surface area (Å²) in [6, 6.07) is 14.5. The number of halogens is 1. The highest BCUT2D eigenvalue weighted by molar-refractivity contribution is 7.91. The van der Waals surface area contributed by atoms with Gasteiger partial charge in [-0.05, 0) is 36.2 Å². The minimum Gasteiger partial charge on any atom is -0.306 e. The number of hydrogen-bond acceptors (Lipinski definition) is 4. The van der Waals surface area contributed by atoms with Crippen LogP contribution in [0.4, 0.5) is 5.69 Å². The van der Waals surface area contributed by atoms with Gasteiger partial charge in [0.1, 0.15) is 0 Å². The van der Waals surface area contributed by atoms with Gasteiger partial charge in [0.2, 0.25) is 5.91 Å². The first-order valence-corrected chi connectivity index (χ1v) is 11.1. The molecule has 0 aromatic heterocycles. The van der Waals surface area contributed by atoms with Gasteiger partial charge in [-0.3, -0.25) is 9.69 Å². The van der Waals surface area contributed by atoms with Gasteiger partial charge in [-0.15, -0.1) is 0 Å². The summed E-state index contributed by atoms with van der Waals surface area (Å²) >= 11 is 6.28. The predicted octanol–water partition coefficient (Wildman–Crippen LogP) is 2.66. The first kappa shape index (κ1) is 18.5. The maximum Gasteiger partial charge on any atom is 0.241 e. The zero-order valence-corrected chi connectivity index (χ0v) is 16.6. The summed E-state index contributed by atoms with van der Waals surface area (Å²) in [4.78, 5) is 16.7. The van der Waals surface area contributed by atoms with Crippen LogP contribution in [0, 0.1) is 6.92 Å². The second-order valence-electron chi connectivity index (χ2n) is 7.31. The Balaban J connectivity index is 1.69. The largest absolute Gasteiger partial charge is 0.306 e. The number of anilines is 1. The van der Waals surface area contributed by atoms with Crippen LogP contribution >= 0.6 is 11.6 Å². The zero-order valence-electron chi connectivity index (χ0n) is 15.0. The standard InChI is InChI=1S/C20H21ClN2O3S/c1-14-5-4-7-16(9-14)23-19-13-27(25,26)12-18(19)22(11-20(23)24)10-15-6-2-3-8-17(15)21/h2-9,18-19H,10-13H2,1H3. The zero-order chi connectivity index (χ0) is 19.2. The van der Waals surface area contributed by atoms with Crippen LogP contribution in [0.5, 0.6) is 0 Å². The van der Waals surface area contributed by atoms with Gasteiger partial charge >= 0.3 is 0 Å². The van der Waals surface area contributed by atoms with E-state index in [0.717, 1.165) is 16.8 Å². The average Bonchev–Trinajstić information content (AvgIpc) is 2.92. The third kappa shape index (κ3) is 3.61. The van der Waals surface area contributed by atoms with Gasteiger partial charge in [-0.2, -0.15) is 0 Å². The van der Waals surface area contributed by atoms with Gasteiger partial charge in [0.05, 0.1) is 24.1 Å². The molecule has 0 saturated carbocycles. The van der Waals surface area contributed by atoms with Crippen LogP contribution in [0.1, 0.15) is 11.1 Å². The van der Waals surface area contributed by atoms with E-state index in [-0.39, 0.29) is 36.0 Å². The van der Waals surface area contributed by atoms with Crippen molar-refractivity contribution in [2.24, 2.45) is 0 Å². The fraction of sp³-hybridized carbons (Fsp3) is 0.350. The van der Waals surface area contributed by atoms with Crippen molar-refractivity contribution in [3.63, 3.8) is 0 Å². The number of hydrogen-bond donors (Lipinski definition) is 0. The second kappa shape index (κ2) is 6.93. The number of carbonyl (C=O) groups is 1. The summed E-state index contributed by atoms with van der Waals surface area (Å²) in [6.45, 7) is 2.60. The van der Waals surface area contributed by atoms with E-state index in [2.05, 4.69) is 0 Å². The molecule has 1 amide bonds. The molecule has 2 aliphatic rings. The molecule has 4 rings (SSSR count). The molecule has 7 heteroatoms. The third-order valence-corrected chi connectivity index (χ3v) is 7.38. The Morgan fingerprint density at radius 3 is 2.56 bits per heavy atom. The van der Waals surface area contributed by atoms with E-state index in [1.165, 1.54) is 0 Å². The van der Waals surface area contributed by atoms with E-state index in [0.29, 0.717) is 11.6 Å². The number of benzene rings is 2. The molecule has 0 radical (unpaired) electrons. The van der Waals surface area contributed by atoms with E-state index in [1.807, 2.05) is 60.4 Å². The first-order valence-electron chi connectivity index (χ1n) is 8.91. The van der Waals surface area contributed by atoms with E-state index in [9.17, 15) is 13.2 Å². The molecule has 5 nitrogen and oxygen atoms in total. The van der Waals surface area contributed by atoms with E-state index in [4.69, 9.17) is 11.6 Å². The van der Waals surface area contributed by atoms with Crippen molar-refractivity contribution < 1.29 is 13.2 Å². The first-order chi connectivity index (χ1) is 12.8. The fourth-order valence-electron chi connectivity index (χ4n) is 4.09. The highest BCUT2D eigenvalue weighted by Crippen LogP contribution is 2.33. The van der Waals surface area contributed by atoms with E-state index >= 15 is 0 Å². The minimum absolute atomic E-state index is 0.00360. The molecule has 27 heavy (non-hydrogen) atoms. The predicted molar refractivity (Wildman–Crippen MR) is 107 cm³/mol. The molecule has 0 N–H and O–H groups in total. The van der Waals surface area contributed by atoms with Gasteiger partial charge in [0.15, 0.2) is 9.84 Å². The summed E-state index contributed by atoms with van der Waals surface area (Å²) in [6.07, 6.45) is 0.